The quantitative estimate of drug-likeness (QED) is 0.675. The van der Waals surface area contributed by atoms with E-state index < -0.39 is 22.0 Å². The largest absolute Gasteiger partial charge is 0.320 e. The highest BCUT2D eigenvalue weighted by Crippen LogP contribution is 1.99. The van der Waals surface area contributed by atoms with Gasteiger partial charge in [-0.2, -0.15) is 0 Å². The molecule has 1 amide bonds. The van der Waals surface area contributed by atoms with E-state index in [1.54, 1.807) is 20.8 Å². The van der Waals surface area contributed by atoms with Crippen molar-refractivity contribution in [3.63, 3.8) is 0 Å². The molecule has 0 spiro atoms. The molecule has 0 radical (unpaired) electrons. The van der Waals surface area contributed by atoms with Gasteiger partial charge in [0.15, 0.2) is 0 Å². The third-order valence-electron chi connectivity index (χ3n) is 1.75. The molecule has 0 heterocycles. The van der Waals surface area contributed by atoms with Crippen molar-refractivity contribution in [1.29, 1.82) is 0 Å². The van der Waals surface area contributed by atoms with Crippen LogP contribution in [-0.4, -0.2) is 26.1 Å². The smallest absolute Gasteiger partial charge is 0.250 e. The van der Waals surface area contributed by atoms with Crippen molar-refractivity contribution in [2.24, 2.45) is 11.7 Å². The van der Waals surface area contributed by atoms with Crippen LogP contribution in [0.15, 0.2) is 0 Å². The first-order valence-electron chi connectivity index (χ1n) is 4.60. The number of carbonyl (C=O) groups excluding carboxylic acids is 1. The van der Waals surface area contributed by atoms with E-state index in [9.17, 15) is 13.2 Å². The molecule has 5 nitrogen and oxygen atoms in total. The lowest BCUT2D eigenvalue weighted by atomic mass is 10.1. The average Bonchev–Trinajstić information content (AvgIpc) is 2.01. The zero-order valence-corrected chi connectivity index (χ0v) is 9.60. The molecule has 0 saturated carbocycles. The molecule has 0 aliphatic carbocycles. The predicted molar refractivity (Wildman–Crippen MR) is 55.0 cm³/mol. The summed E-state index contributed by atoms with van der Waals surface area (Å²) in [7, 11) is -3.49. The van der Waals surface area contributed by atoms with Gasteiger partial charge in [-0.25, -0.2) is 8.42 Å². The maximum absolute atomic E-state index is 11.3. The van der Waals surface area contributed by atoms with Gasteiger partial charge in [0.25, 0.3) is 5.91 Å². The minimum Gasteiger partial charge on any atom is -0.320 e. The molecular weight excluding hydrogens is 204 g/mol. The Labute approximate surface area is 85.1 Å². The fourth-order valence-electron chi connectivity index (χ4n) is 0.844. The monoisotopic (exact) mass is 222 g/mol. The van der Waals surface area contributed by atoms with Crippen LogP contribution in [0.5, 0.6) is 0 Å². The standard InChI is InChI=1S/C8H18N2O3S/c1-4-5-14(12,13)10-8(11)7(9)6(2)3/h6-7H,4-5,9H2,1-3H3,(H,10,11). The molecule has 1 unspecified atom stereocenters. The molecule has 84 valence electrons. The van der Waals surface area contributed by atoms with E-state index in [1.165, 1.54) is 0 Å². The van der Waals surface area contributed by atoms with Gasteiger partial charge in [0, 0.05) is 0 Å². The number of sulfonamides is 1. The molecule has 0 fully saturated rings. The van der Waals surface area contributed by atoms with E-state index in [-0.39, 0.29) is 11.7 Å². The third kappa shape index (κ3) is 4.57. The van der Waals surface area contributed by atoms with Gasteiger partial charge < -0.3 is 5.73 Å². The summed E-state index contributed by atoms with van der Waals surface area (Å²) in [5.41, 5.74) is 5.49. The number of amides is 1. The average molecular weight is 222 g/mol. The van der Waals surface area contributed by atoms with Gasteiger partial charge in [-0.15, -0.1) is 0 Å². The van der Waals surface area contributed by atoms with Crippen molar-refractivity contribution < 1.29 is 13.2 Å². The summed E-state index contributed by atoms with van der Waals surface area (Å²) in [6, 6.07) is -0.776. The minimum absolute atomic E-state index is 0.0520. The Hall–Kier alpha value is -0.620. The molecule has 0 aliphatic heterocycles. The summed E-state index contributed by atoms with van der Waals surface area (Å²) in [5.74, 6) is -0.760. The maximum atomic E-state index is 11.3. The van der Waals surface area contributed by atoms with Crippen LogP contribution in [0.25, 0.3) is 0 Å². The molecule has 0 aromatic carbocycles. The molecule has 0 saturated heterocycles. The minimum atomic E-state index is -3.49. The van der Waals surface area contributed by atoms with Crippen LogP contribution in [-0.2, 0) is 14.8 Å². The van der Waals surface area contributed by atoms with Gasteiger partial charge in [-0.1, -0.05) is 20.8 Å². The van der Waals surface area contributed by atoms with Gasteiger partial charge >= 0.3 is 0 Å². The lowest BCUT2D eigenvalue weighted by Crippen LogP contribution is -2.46. The van der Waals surface area contributed by atoms with Crippen molar-refractivity contribution in [3.8, 4) is 0 Å². The molecule has 0 aromatic rings. The Balaban J connectivity index is 4.33. The van der Waals surface area contributed by atoms with E-state index in [4.69, 9.17) is 5.73 Å². The molecule has 0 aliphatic rings. The summed E-state index contributed by atoms with van der Waals surface area (Å²) < 4.78 is 24.3. The van der Waals surface area contributed by atoms with E-state index in [2.05, 4.69) is 0 Å². The van der Waals surface area contributed by atoms with Gasteiger partial charge in [0.1, 0.15) is 0 Å². The molecule has 14 heavy (non-hydrogen) atoms. The topological polar surface area (TPSA) is 89.3 Å². The van der Waals surface area contributed by atoms with Crippen LogP contribution in [0.4, 0.5) is 0 Å². The van der Waals surface area contributed by atoms with Gasteiger partial charge in [-0.05, 0) is 12.3 Å². The van der Waals surface area contributed by atoms with E-state index in [1.807, 2.05) is 4.72 Å². The Kier molecular flexibility index (Phi) is 5.07. The lowest BCUT2D eigenvalue weighted by Gasteiger charge is -2.14. The van der Waals surface area contributed by atoms with Crippen molar-refractivity contribution in [2.75, 3.05) is 5.75 Å². The second-order valence-electron chi connectivity index (χ2n) is 3.55. The molecule has 0 bridgehead atoms. The SMILES string of the molecule is CCCS(=O)(=O)NC(=O)C(N)C(C)C. The molecule has 1 atom stereocenters. The third-order valence-corrected chi connectivity index (χ3v) is 3.21. The Morgan fingerprint density at radius 3 is 2.29 bits per heavy atom. The lowest BCUT2D eigenvalue weighted by molar-refractivity contribution is -0.121. The first-order valence-corrected chi connectivity index (χ1v) is 6.25. The van der Waals surface area contributed by atoms with E-state index in [0.717, 1.165) is 0 Å². The van der Waals surface area contributed by atoms with Gasteiger partial charge in [0.2, 0.25) is 10.0 Å². The van der Waals surface area contributed by atoms with Gasteiger partial charge in [-0.3, -0.25) is 9.52 Å². The van der Waals surface area contributed by atoms with Crippen LogP contribution in [0.2, 0.25) is 0 Å². The zero-order valence-electron chi connectivity index (χ0n) is 8.78. The summed E-state index contributed by atoms with van der Waals surface area (Å²) in [4.78, 5) is 11.3. The molecule has 3 N–H and O–H groups in total. The van der Waals surface area contributed by atoms with E-state index >= 15 is 0 Å². The number of nitrogens with one attached hydrogen (secondary N) is 1. The number of nitrogens with two attached hydrogens (primary N) is 1. The number of rotatable bonds is 5. The molecule has 0 rings (SSSR count). The zero-order chi connectivity index (χ0) is 11.4. The molecular formula is C8H18N2O3S. The van der Waals surface area contributed by atoms with Crippen molar-refractivity contribution in [3.05, 3.63) is 0 Å². The number of carbonyl (C=O) groups is 1. The Morgan fingerprint density at radius 1 is 1.43 bits per heavy atom. The summed E-state index contributed by atoms with van der Waals surface area (Å²) >= 11 is 0. The van der Waals surface area contributed by atoms with Crippen LogP contribution in [0, 0.1) is 5.92 Å². The number of hydrogen-bond donors (Lipinski definition) is 2. The fourth-order valence-corrected chi connectivity index (χ4v) is 1.93. The molecule has 6 heteroatoms. The Bertz CT molecular complexity index is 285. The van der Waals surface area contributed by atoms with Crippen molar-refractivity contribution in [2.45, 2.75) is 33.2 Å². The van der Waals surface area contributed by atoms with Crippen LogP contribution >= 0.6 is 0 Å². The van der Waals surface area contributed by atoms with Crippen molar-refractivity contribution in [1.82, 2.24) is 4.72 Å². The second-order valence-corrected chi connectivity index (χ2v) is 5.40. The highest BCUT2D eigenvalue weighted by Gasteiger charge is 2.21. The highest BCUT2D eigenvalue weighted by molar-refractivity contribution is 7.90. The normalized spacial score (nSPS) is 14.1. The van der Waals surface area contributed by atoms with E-state index in [0.29, 0.717) is 6.42 Å². The summed E-state index contributed by atoms with van der Waals surface area (Å²) in [5, 5.41) is 0. The van der Waals surface area contributed by atoms with Gasteiger partial charge in [0.05, 0.1) is 11.8 Å². The predicted octanol–water partition coefficient (Wildman–Crippen LogP) is -0.174. The first kappa shape index (κ1) is 13.4. The van der Waals surface area contributed by atoms with Crippen LogP contribution < -0.4 is 10.5 Å². The fraction of sp³-hybridized carbons (Fsp3) is 0.875. The molecule has 0 aromatic heterocycles. The summed E-state index contributed by atoms with van der Waals surface area (Å²) in [6.07, 6.45) is 0.472. The van der Waals surface area contributed by atoms with Crippen LogP contribution in [0.1, 0.15) is 27.2 Å². The maximum Gasteiger partial charge on any atom is 0.250 e. The summed E-state index contributed by atoms with van der Waals surface area (Å²) in [6.45, 7) is 5.25. The Morgan fingerprint density at radius 2 is 1.93 bits per heavy atom. The van der Waals surface area contributed by atoms with Crippen molar-refractivity contribution >= 4 is 15.9 Å². The first-order chi connectivity index (χ1) is 6.30. The van der Waals surface area contributed by atoms with Crippen LogP contribution in [0.3, 0.4) is 0 Å². The number of hydrogen-bond acceptors (Lipinski definition) is 4. The second kappa shape index (κ2) is 5.31. The highest BCUT2D eigenvalue weighted by atomic mass is 32.2.